The van der Waals surface area contributed by atoms with E-state index >= 15 is 0 Å². The molecule has 0 aromatic heterocycles. The maximum absolute atomic E-state index is 12.6. The highest BCUT2D eigenvalue weighted by Gasteiger charge is 2.36. The summed E-state index contributed by atoms with van der Waals surface area (Å²) in [6.07, 6.45) is 1.23. The number of likely N-dealkylation sites (tertiary alicyclic amines) is 1. The maximum Gasteiger partial charge on any atom is 0.246 e. The van der Waals surface area contributed by atoms with E-state index in [1.165, 1.54) is 0 Å². The summed E-state index contributed by atoms with van der Waals surface area (Å²) in [4.78, 5) is 25.5. The Hall–Kier alpha value is -1.88. The van der Waals surface area contributed by atoms with E-state index in [0.29, 0.717) is 25.9 Å². The van der Waals surface area contributed by atoms with Crippen LogP contribution in [0.2, 0.25) is 0 Å². The van der Waals surface area contributed by atoms with Crippen LogP contribution in [0.3, 0.4) is 0 Å². The average Bonchev–Trinajstić information content (AvgIpc) is 2.47. The topological polar surface area (TPSA) is 89.4 Å². The van der Waals surface area contributed by atoms with Crippen LogP contribution in [0, 0.1) is 5.92 Å². The van der Waals surface area contributed by atoms with Crippen LogP contribution in [-0.2, 0) is 15.1 Å². The third kappa shape index (κ3) is 2.82. The molecule has 4 N–H and O–H groups in total. The highest BCUT2D eigenvalue weighted by atomic mass is 16.2. The largest absolute Gasteiger partial charge is 0.369 e. The maximum atomic E-state index is 12.6. The minimum atomic E-state index is -1.04. The zero-order valence-corrected chi connectivity index (χ0v) is 11.7. The van der Waals surface area contributed by atoms with Crippen molar-refractivity contribution >= 4 is 11.8 Å². The Bertz CT molecular complexity index is 491. The van der Waals surface area contributed by atoms with Crippen LogP contribution >= 0.6 is 0 Å². The number of rotatable bonds is 3. The number of nitrogens with zero attached hydrogens (tertiary/aromatic N) is 1. The van der Waals surface area contributed by atoms with E-state index in [9.17, 15) is 9.59 Å². The molecule has 1 unspecified atom stereocenters. The smallest absolute Gasteiger partial charge is 0.246 e. The Morgan fingerprint density at radius 3 is 2.25 bits per heavy atom. The van der Waals surface area contributed by atoms with Crippen LogP contribution < -0.4 is 11.5 Å². The fraction of sp³-hybridized carbons (Fsp3) is 0.467. The van der Waals surface area contributed by atoms with Gasteiger partial charge in [0.2, 0.25) is 11.8 Å². The lowest BCUT2D eigenvalue weighted by Gasteiger charge is -2.36. The van der Waals surface area contributed by atoms with Gasteiger partial charge in [0.1, 0.15) is 5.54 Å². The van der Waals surface area contributed by atoms with Gasteiger partial charge in [-0.3, -0.25) is 9.59 Å². The van der Waals surface area contributed by atoms with E-state index in [1.54, 1.807) is 11.8 Å². The van der Waals surface area contributed by atoms with E-state index in [4.69, 9.17) is 11.5 Å². The lowest BCUT2D eigenvalue weighted by molar-refractivity contribution is -0.139. The molecule has 20 heavy (non-hydrogen) atoms. The number of amides is 2. The van der Waals surface area contributed by atoms with Crippen LogP contribution in [0.4, 0.5) is 0 Å². The lowest BCUT2D eigenvalue weighted by atomic mass is 9.89. The molecule has 1 fully saturated rings. The number of primary amides is 1. The third-order valence-corrected chi connectivity index (χ3v) is 4.00. The number of hydrogen-bond acceptors (Lipinski definition) is 3. The highest BCUT2D eigenvalue weighted by molar-refractivity contribution is 5.87. The summed E-state index contributed by atoms with van der Waals surface area (Å²) in [5, 5.41) is 0. The molecule has 5 nitrogen and oxygen atoms in total. The number of hydrogen-bond donors (Lipinski definition) is 2. The van der Waals surface area contributed by atoms with Crippen molar-refractivity contribution in [1.82, 2.24) is 4.90 Å². The molecule has 0 spiro atoms. The Kier molecular flexibility index (Phi) is 4.09. The number of nitrogens with two attached hydrogens (primary N) is 2. The predicted octanol–water partition coefficient (Wildman–Crippen LogP) is 0.584. The zero-order valence-electron chi connectivity index (χ0n) is 11.7. The molecule has 0 bridgehead atoms. The molecule has 0 saturated carbocycles. The van der Waals surface area contributed by atoms with Crippen LogP contribution in [0.1, 0.15) is 25.3 Å². The zero-order chi connectivity index (χ0) is 14.8. The fourth-order valence-electron chi connectivity index (χ4n) is 2.60. The van der Waals surface area contributed by atoms with Gasteiger partial charge in [0.25, 0.3) is 0 Å². The summed E-state index contributed by atoms with van der Waals surface area (Å²) in [5.74, 6) is -0.512. The second kappa shape index (κ2) is 5.63. The summed E-state index contributed by atoms with van der Waals surface area (Å²) < 4.78 is 0. The number of carbonyl (C=O) groups excluding carboxylic acids is 2. The van der Waals surface area contributed by atoms with E-state index < -0.39 is 5.54 Å². The molecule has 1 atom stereocenters. The van der Waals surface area contributed by atoms with E-state index in [0.717, 1.165) is 5.56 Å². The molecule has 1 heterocycles. The van der Waals surface area contributed by atoms with Gasteiger partial charge in [-0.05, 0) is 25.3 Å². The summed E-state index contributed by atoms with van der Waals surface area (Å²) in [5.41, 5.74) is 11.3. The summed E-state index contributed by atoms with van der Waals surface area (Å²) in [6.45, 7) is 2.79. The average molecular weight is 275 g/mol. The normalized spacial score (nSPS) is 19.4. The first-order valence-corrected chi connectivity index (χ1v) is 6.86. The van der Waals surface area contributed by atoms with Gasteiger partial charge in [-0.2, -0.15) is 0 Å². The molecule has 108 valence electrons. The van der Waals surface area contributed by atoms with Gasteiger partial charge < -0.3 is 16.4 Å². The van der Waals surface area contributed by atoms with Gasteiger partial charge in [-0.15, -0.1) is 0 Å². The molecule has 2 amide bonds. The minimum absolute atomic E-state index is 0.105. The fourth-order valence-corrected chi connectivity index (χ4v) is 2.60. The Balaban J connectivity index is 2.07. The molecule has 1 saturated heterocycles. The molecule has 1 aliphatic rings. The van der Waals surface area contributed by atoms with Gasteiger partial charge in [0, 0.05) is 19.0 Å². The van der Waals surface area contributed by atoms with Crippen molar-refractivity contribution in [3.63, 3.8) is 0 Å². The van der Waals surface area contributed by atoms with E-state index in [1.807, 2.05) is 30.3 Å². The number of benzene rings is 1. The predicted molar refractivity (Wildman–Crippen MR) is 76.5 cm³/mol. The highest BCUT2D eigenvalue weighted by Crippen LogP contribution is 2.24. The molecule has 0 aliphatic carbocycles. The molecule has 1 aromatic rings. The molecule has 2 rings (SSSR count). The summed E-state index contributed by atoms with van der Waals surface area (Å²) >= 11 is 0. The van der Waals surface area contributed by atoms with Crippen LogP contribution in [0.25, 0.3) is 0 Å². The van der Waals surface area contributed by atoms with Gasteiger partial charge >= 0.3 is 0 Å². The second-order valence-corrected chi connectivity index (χ2v) is 5.54. The molecular formula is C15H21N3O2. The Morgan fingerprint density at radius 1 is 1.20 bits per heavy atom. The van der Waals surface area contributed by atoms with Crippen molar-refractivity contribution in [1.29, 1.82) is 0 Å². The van der Waals surface area contributed by atoms with Crippen LogP contribution in [-0.4, -0.2) is 29.8 Å². The molecule has 5 heteroatoms. The number of carbonyl (C=O) groups is 2. The van der Waals surface area contributed by atoms with Gasteiger partial charge in [-0.25, -0.2) is 0 Å². The molecule has 0 radical (unpaired) electrons. The van der Waals surface area contributed by atoms with Crippen molar-refractivity contribution in [2.24, 2.45) is 17.4 Å². The van der Waals surface area contributed by atoms with Crippen molar-refractivity contribution < 1.29 is 9.59 Å². The minimum Gasteiger partial charge on any atom is -0.369 e. The van der Waals surface area contributed by atoms with Crippen LogP contribution in [0.5, 0.6) is 0 Å². The van der Waals surface area contributed by atoms with Crippen LogP contribution in [0.15, 0.2) is 30.3 Å². The Labute approximate surface area is 118 Å². The molecule has 1 aliphatic heterocycles. The lowest BCUT2D eigenvalue weighted by Crippen LogP contribution is -2.53. The van der Waals surface area contributed by atoms with Gasteiger partial charge in [0.15, 0.2) is 0 Å². The third-order valence-electron chi connectivity index (χ3n) is 4.00. The van der Waals surface area contributed by atoms with E-state index in [2.05, 4.69) is 0 Å². The van der Waals surface area contributed by atoms with Crippen molar-refractivity contribution in [3.05, 3.63) is 35.9 Å². The molecular weight excluding hydrogens is 254 g/mol. The summed E-state index contributed by atoms with van der Waals surface area (Å²) in [6, 6.07) is 9.34. The standard InChI is InChI=1S/C15H21N3O2/c1-15(17,12-5-3-2-4-6-12)14(20)18-9-7-11(8-10-18)13(16)19/h2-6,11H,7-10,17H2,1H3,(H2,16,19). The van der Waals surface area contributed by atoms with Crippen molar-refractivity contribution in [2.45, 2.75) is 25.3 Å². The first-order chi connectivity index (χ1) is 9.43. The monoisotopic (exact) mass is 275 g/mol. The molecule has 1 aromatic carbocycles. The van der Waals surface area contributed by atoms with Gasteiger partial charge in [-0.1, -0.05) is 30.3 Å². The quantitative estimate of drug-likeness (QED) is 0.845. The first-order valence-electron chi connectivity index (χ1n) is 6.86. The SMILES string of the molecule is CC(N)(C(=O)N1CCC(C(N)=O)CC1)c1ccccc1. The second-order valence-electron chi connectivity index (χ2n) is 5.54. The van der Waals surface area contributed by atoms with Gasteiger partial charge in [0.05, 0.1) is 0 Å². The van der Waals surface area contributed by atoms with E-state index in [-0.39, 0.29) is 17.7 Å². The van der Waals surface area contributed by atoms with Crippen molar-refractivity contribution in [3.8, 4) is 0 Å². The Morgan fingerprint density at radius 2 is 1.75 bits per heavy atom. The first kappa shape index (κ1) is 14.5. The summed E-state index contributed by atoms with van der Waals surface area (Å²) in [7, 11) is 0. The van der Waals surface area contributed by atoms with Crippen molar-refractivity contribution in [2.75, 3.05) is 13.1 Å². The number of piperidine rings is 1.